The van der Waals surface area contributed by atoms with E-state index in [1.165, 1.54) is 0 Å². The number of aliphatic imine (C=N–C) groups is 1. The zero-order valence-electron chi connectivity index (χ0n) is 20.2. The Balaban J connectivity index is 0.000000259. The Bertz CT molecular complexity index is 1290. The maximum atomic E-state index is 11.2. The van der Waals surface area contributed by atoms with Crippen molar-refractivity contribution in [2.75, 3.05) is 13.2 Å². The smallest absolute Gasteiger partial charge is 0.395 e. The van der Waals surface area contributed by atoms with E-state index in [-0.39, 0.29) is 29.9 Å². The lowest BCUT2D eigenvalue weighted by Gasteiger charge is -2.37. The largest absolute Gasteiger partial charge is 0.396 e. The standard InChI is InChI=1S/C12H14ClN3O4.C12H12N2O2.H3N/c13-12(15-6-3-7-17)9-4-1-2-5-10(9)14-8-11(12,18)16(19)20;1-2-5-11-12(14(15)16)8-9-6-3-4-7-10(9)13-11;/h1-2,4-5,8,15,17-18H,3,6-7H2;3-4,6-8H,2,5H2,1H3;1H3. The molecule has 6 N–H and O–H groups in total. The second-order valence-corrected chi connectivity index (χ2v) is 8.64. The van der Waals surface area contributed by atoms with Crippen LogP contribution in [0.1, 0.15) is 31.0 Å². The average molecular weight is 533 g/mol. The molecule has 0 bridgehead atoms. The van der Waals surface area contributed by atoms with Gasteiger partial charge in [-0.25, -0.2) is 4.98 Å². The summed E-state index contributed by atoms with van der Waals surface area (Å²) in [6.07, 6.45) is 2.67. The number of nitro groups is 2. The van der Waals surface area contributed by atoms with Crippen LogP contribution in [0.25, 0.3) is 10.9 Å². The van der Waals surface area contributed by atoms with E-state index in [1.54, 1.807) is 30.3 Å². The van der Waals surface area contributed by atoms with Crippen LogP contribution in [-0.2, 0) is 11.4 Å². The number of nitrogens with zero attached hydrogens (tertiary/aromatic N) is 4. The molecule has 12 nitrogen and oxygen atoms in total. The summed E-state index contributed by atoms with van der Waals surface area (Å²) in [5, 5.41) is 44.8. The van der Waals surface area contributed by atoms with Crippen molar-refractivity contribution < 1.29 is 20.1 Å². The Morgan fingerprint density at radius 1 is 1.11 bits per heavy atom. The molecule has 2 heterocycles. The number of benzene rings is 2. The summed E-state index contributed by atoms with van der Waals surface area (Å²) in [5.41, 5.74) is -0.284. The number of aryl methyl sites for hydroxylation is 1. The first kappa shape index (κ1) is 29.7. The number of aromatic nitrogens is 1. The number of hydrogen-bond donors (Lipinski definition) is 4. The van der Waals surface area contributed by atoms with Crippen molar-refractivity contribution in [2.24, 2.45) is 4.99 Å². The minimum atomic E-state index is -2.57. The van der Waals surface area contributed by atoms with Crippen LogP contribution in [0.3, 0.4) is 0 Å². The molecule has 0 amide bonds. The maximum Gasteiger partial charge on any atom is 0.395 e. The molecule has 2 unspecified atom stereocenters. The first-order valence-corrected chi connectivity index (χ1v) is 11.6. The van der Waals surface area contributed by atoms with E-state index in [0.29, 0.717) is 29.8 Å². The number of alkyl halides is 1. The number of fused-ring (bicyclic) bond motifs is 2. The average Bonchev–Trinajstić information content (AvgIpc) is 2.87. The number of pyridine rings is 1. The summed E-state index contributed by atoms with van der Waals surface area (Å²) in [6.45, 7) is 2.10. The van der Waals surface area contributed by atoms with Gasteiger partial charge in [0.2, 0.25) is 5.00 Å². The molecule has 1 aliphatic rings. The van der Waals surface area contributed by atoms with E-state index in [0.717, 1.165) is 23.5 Å². The zero-order valence-corrected chi connectivity index (χ0v) is 21.0. The number of rotatable bonds is 8. The van der Waals surface area contributed by atoms with Crippen molar-refractivity contribution in [2.45, 2.75) is 36.9 Å². The SMILES string of the molecule is CCCc1nc2ccccc2cc1[N+](=O)[O-].N.O=[N+]([O-])C1(O)C=Nc2ccccc2C1(Cl)NCCCO. The molecule has 1 aromatic heterocycles. The fourth-order valence-corrected chi connectivity index (χ4v) is 4.16. The summed E-state index contributed by atoms with van der Waals surface area (Å²) in [6, 6.07) is 15.7. The second-order valence-electron chi connectivity index (χ2n) is 8.08. The van der Waals surface area contributed by atoms with Gasteiger partial charge in [0.1, 0.15) is 11.9 Å². The summed E-state index contributed by atoms with van der Waals surface area (Å²) < 4.78 is 0. The molecule has 3 aromatic rings. The molecule has 13 heteroatoms. The third-order valence-electron chi connectivity index (χ3n) is 5.61. The van der Waals surface area contributed by atoms with E-state index in [4.69, 9.17) is 16.7 Å². The molecule has 1 aliphatic heterocycles. The molecular weight excluding hydrogens is 504 g/mol. The molecule has 0 spiro atoms. The molecule has 0 saturated heterocycles. The van der Waals surface area contributed by atoms with Crippen LogP contribution < -0.4 is 11.5 Å². The molecule has 0 aliphatic carbocycles. The number of halogens is 1. The van der Waals surface area contributed by atoms with Gasteiger partial charge >= 0.3 is 5.72 Å². The topological polar surface area (TPSA) is 199 Å². The van der Waals surface area contributed by atoms with E-state index >= 15 is 0 Å². The van der Waals surface area contributed by atoms with Crippen LogP contribution in [0.2, 0.25) is 0 Å². The lowest BCUT2D eigenvalue weighted by atomic mass is 9.92. The van der Waals surface area contributed by atoms with Crippen LogP contribution in [0.4, 0.5) is 11.4 Å². The van der Waals surface area contributed by atoms with Crippen LogP contribution in [0.5, 0.6) is 0 Å². The van der Waals surface area contributed by atoms with Crippen molar-refractivity contribution in [1.82, 2.24) is 16.5 Å². The minimum Gasteiger partial charge on any atom is -0.396 e. The van der Waals surface area contributed by atoms with Crippen molar-refractivity contribution in [3.63, 3.8) is 0 Å². The first-order chi connectivity index (χ1) is 17.2. The van der Waals surface area contributed by atoms with Gasteiger partial charge in [-0.2, -0.15) is 0 Å². The monoisotopic (exact) mass is 532 g/mol. The van der Waals surface area contributed by atoms with Crippen molar-refractivity contribution in [3.05, 3.63) is 86.1 Å². The molecule has 2 atom stereocenters. The Morgan fingerprint density at radius 2 is 1.78 bits per heavy atom. The van der Waals surface area contributed by atoms with Crippen molar-refractivity contribution in [3.8, 4) is 0 Å². The Hall–Kier alpha value is -3.55. The Kier molecular flexibility index (Phi) is 10.1. The highest BCUT2D eigenvalue weighted by Crippen LogP contribution is 2.44. The predicted octanol–water partition coefficient (Wildman–Crippen LogP) is 3.99. The van der Waals surface area contributed by atoms with Crippen LogP contribution in [0.15, 0.2) is 59.6 Å². The number of aliphatic hydroxyl groups excluding tert-OH is 1. The lowest BCUT2D eigenvalue weighted by molar-refractivity contribution is -0.608. The van der Waals surface area contributed by atoms with Gasteiger partial charge in [-0.3, -0.25) is 30.5 Å². The number of hydrogen-bond acceptors (Lipinski definition) is 10. The molecule has 37 heavy (non-hydrogen) atoms. The van der Waals surface area contributed by atoms with Crippen LogP contribution >= 0.6 is 11.6 Å². The van der Waals surface area contributed by atoms with Gasteiger partial charge in [0, 0.05) is 23.6 Å². The highest BCUT2D eigenvalue weighted by Gasteiger charge is 2.62. The van der Waals surface area contributed by atoms with Gasteiger partial charge in [-0.15, -0.1) is 0 Å². The molecule has 0 saturated carbocycles. The third-order valence-corrected chi connectivity index (χ3v) is 6.23. The van der Waals surface area contributed by atoms with E-state index in [1.807, 2.05) is 31.2 Å². The first-order valence-electron chi connectivity index (χ1n) is 11.3. The van der Waals surface area contributed by atoms with Gasteiger partial charge < -0.3 is 16.4 Å². The summed E-state index contributed by atoms with van der Waals surface area (Å²) in [5.74, 6) is 0. The molecule has 0 fully saturated rings. The van der Waals surface area contributed by atoms with Crippen LogP contribution in [0, 0.1) is 20.2 Å². The maximum absolute atomic E-state index is 11.2. The molecule has 0 radical (unpaired) electrons. The zero-order chi connectivity index (χ0) is 26.3. The van der Waals surface area contributed by atoms with Gasteiger partial charge in [0.25, 0.3) is 5.69 Å². The van der Waals surface area contributed by atoms with E-state index in [2.05, 4.69) is 15.3 Å². The van der Waals surface area contributed by atoms with E-state index < -0.39 is 15.6 Å². The van der Waals surface area contributed by atoms with Crippen molar-refractivity contribution in [1.29, 1.82) is 0 Å². The van der Waals surface area contributed by atoms with Gasteiger partial charge in [0.15, 0.2) is 0 Å². The van der Waals surface area contributed by atoms with Crippen LogP contribution in [-0.4, -0.2) is 50.1 Å². The summed E-state index contributed by atoms with van der Waals surface area (Å²) in [7, 11) is 0. The Morgan fingerprint density at radius 3 is 2.43 bits per heavy atom. The van der Waals surface area contributed by atoms with Gasteiger partial charge in [-0.1, -0.05) is 61.3 Å². The third kappa shape index (κ3) is 6.06. The van der Waals surface area contributed by atoms with E-state index in [9.17, 15) is 25.3 Å². The quantitative estimate of drug-likeness (QED) is 0.0826. The Labute approximate surface area is 217 Å². The number of para-hydroxylation sites is 2. The molecule has 2 aromatic carbocycles. The predicted molar refractivity (Wildman–Crippen MR) is 141 cm³/mol. The summed E-state index contributed by atoms with van der Waals surface area (Å²) in [4.78, 5) is 27.3. The second kappa shape index (κ2) is 12.6. The van der Waals surface area contributed by atoms with Crippen molar-refractivity contribution >= 4 is 40.1 Å². The number of aliphatic hydroxyl groups is 2. The van der Waals surface area contributed by atoms with Gasteiger partial charge in [-0.05, 0) is 31.5 Å². The lowest BCUT2D eigenvalue weighted by Crippen LogP contribution is -2.63. The highest BCUT2D eigenvalue weighted by molar-refractivity contribution is 6.26. The normalized spacial score (nSPS) is 19.8. The highest BCUT2D eigenvalue weighted by atomic mass is 35.5. The fourth-order valence-electron chi connectivity index (χ4n) is 3.79. The number of nitrogens with one attached hydrogen (secondary N) is 1. The molecular formula is C24H29ClN6O6. The molecule has 4 rings (SSSR count). The fraction of sp³-hybridized carbons (Fsp3) is 0.333. The molecule has 198 valence electrons. The summed E-state index contributed by atoms with van der Waals surface area (Å²) >= 11 is 6.37. The van der Waals surface area contributed by atoms with Gasteiger partial charge in [0.05, 0.1) is 21.1 Å². The minimum absolute atomic E-state index is 0.